The number of furan rings is 1. The van der Waals surface area contributed by atoms with Crippen LogP contribution >= 0.6 is 0 Å². The maximum absolute atomic E-state index is 12.3. The number of carbonyl (C=O) groups is 2. The van der Waals surface area contributed by atoms with Gasteiger partial charge in [0.05, 0.1) is 0 Å². The molecule has 6 heteroatoms. The molecule has 1 aromatic rings. The number of amides is 2. The van der Waals surface area contributed by atoms with E-state index in [2.05, 4.69) is 0 Å². The van der Waals surface area contributed by atoms with Crippen molar-refractivity contribution in [2.24, 2.45) is 0 Å². The molecule has 1 fully saturated rings. The highest BCUT2D eigenvalue weighted by molar-refractivity contribution is 5.91. The Morgan fingerprint density at radius 2 is 1.79 bits per heavy atom. The van der Waals surface area contributed by atoms with Gasteiger partial charge in [-0.1, -0.05) is 0 Å². The van der Waals surface area contributed by atoms with E-state index >= 15 is 0 Å². The molecule has 0 aliphatic carbocycles. The number of rotatable bonds is 2. The monoisotopic (exact) mass is 334 g/mol. The minimum Gasteiger partial charge on any atom is -0.462 e. The lowest BCUT2D eigenvalue weighted by Crippen LogP contribution is -2.39. The fourth-order valence-electron chi connectivity index (χ4n) is 2.45. The molecule has 2 rings (SSSR count). The SMILES string of the molecule is Cc1ccc(/C=C/C(=O)N2CCCN(C(=O)OC(C)(C)C)CC2)o1. The third kappa shape index (κ3) is 5.44. The average molecular weight is 334 g/mol. The second-order valence-corrected chi connectivity index (χ2v) is 6.93. The van der Waals surface area contributed by atoms with Gasteiger partial charge >= 0.3 is 6.09 Å². The molecule has 0 unspecified atom stereocenters. The molecular formula is C18H26N2O4. The Morgan fingerprint density at radius 3 is 2.42 bits per heavy atom. The van der Waals surface area contributed by atoms with Crippen LogP contribution in [0.2, 0.25) is 0 Å². The lowest BCUT2D eigenvalue weighted by Gasteiger charge is -2.26. The summed E-state index contributed by atoms with van der Waals surface area (Å²) in [7, 11) is 0. The lowest BCUT2D eigenvalue weighted by atomic mass is 10.2. The van der Waals surface area contributed by atoms with Gasteiger partial charge in [-0.3, -0.25) is 4.79 Å². The molecule has 132 valence electrons. The van der Waals surface area contributed by atoms with Crippen molar-refractivity contribution in [3.05, 3.63) is 29.7 Å². The number of ether oxygens (including phenoxy) is 1. The number of carbonyl (C=O) groups excluding carboxylic acids is 2. The summed E-state index contributed by atoms with van der Waals surface area (Å²) in [5.41, 5.74) is -0.511. The zero-order valence-electron chi connectivity index (χ0n) is 14.9. The van der Waals surface area contributed by atoms with E-state index in [1.807, 2.05) is 39.8 Å². The minimum atomic E-state index is -0.511. The largest absolute Gasteiger partial charge is 0.462 e. The molecule has 0 atom stereocenters. The van der Waals surface area contributed by atoms with Gasteiger partial charge in [-0.25, -0.2) is 4.79 Å². The molecule has 24 heavy (non-hydrogen) atoms. The fourth-order valence-corrected chi connectivity index (χ4v) is 2.45. The first-order valence-electron chi connectivity index (χ1n) is 8.26. The van der Waals surface area contributed by atoms with Gasteiger partial charge in [-0.2, -0.15) is 0 Å². The maximum atomic E-state index is 12.3. The highest BCUT2D eigenvalue weighted by Crippen LogP contribution is 2.13. The summed E-state index contributed by atoms with van der Waals surface area (Å²) < 4.78 is 10.8. The molecule has 1 aromatic heterocycles. The predicted molar refractivity (Wildman–Crippen MR) is 91.5 cm³/mol. The fraction of sp³-hybridized carbons (Fsp3) is 0.556. The molecule has 0 radical (unpaired) electrons. The topological polar surface area (TPSA) is 63.0 Å². The van der Waals surface area contributed by atoms with E-state index < -0.39 is 5.60 Å². The van der Waals surface area contributed by atoms with E-state index in [0.29, 0.717) is 31.9 Å². The van der Waals surface area contributed by atoms with Crippen molar-refractivity contribution in [3.63, 3.8) is 0 Å². The Balaban J connectivity index is 1.89. The van der Waals surface area contributed by atoms with Crippen LogP contribution in [0, 0.1) is 6.92 Å². The van der Waals surface area contributed by atoms with Crippen LogP contribution in [0.5, 0.6) is 0 Å². The van der Waals surface area contributed by atoms with Gasteiger partial charge in [0.15, 0.2) is 0 Å². The molecule has 1 aliphatic heterocycles. The summed E-state index contributed by atoms with van der Waals surface area (Å²) in [6.45, 7) is 9.60. The van der Waals surface area contributed by atoms with Crippen LogP contribution in [0.25, 0.3) is 6.08 Å². The summed E-state index contributed by atoms with van der Waals surface area (Å²) in [6, 6.07) is 3.68. The highest BCUT2D eigenvalue weighted by Gasteiger charge is 2.25. The Morgan fingerprint density at radius 1 is 1.12 bits per heavy atom. The normalized spacial score (nSPS) is 16.3. The van der Waals surface area contributed by atoms with Gasteiger partial charge in [-0.05, 0) is 52.3 Å². The zero-order chi connectivity index (χ0) is 17.7. The molecule has 6 nitrogen and oxygen atoms in total. The molecule has 2 heterocycles. The first-order chi connectivity index (χ1) is 11.2. The van der Waals surface area contributed by atoms with E-state index in [4.69, 9.17) is 9.15 Å². The number of aryl methyl sites for hydroxylation is 1. The molecule has 0 saturated carbocycles. The summed E-state index contributed by atoms with van der Waals surface area (Å²) in [5.74, 6) is 1.39. The quantitative estimate of drug-likeness (QED) is 0.780. The summed E-state index contributed by atoms with van der Waals surface area (Å²) in [4.78, 5) is 27.8. The predicted octanol–water partition coefficient (Wildman–Crippen LogP) is 3.07. The molecule has 0 N–H and O–H groups in total. The van der Waals surface area contributed by atoms with Crippen LogP contribution in [-0.4, -0.2) is 53.6 Å². The average Bonchev–Trinajstić information content (AvgIpc) is 2.74. The van der Waals surface area contributed by atoms with E-state index in [-0.39, 0.29) is 12.0 Å². The third-order valence-electron chi connectivity index (χ3n) is 3.61. The van der Waals surface area contributed by atoms with Crippen molar-refractivity contribution in [3.8, 4) is 0 Å². The van der Waals surface area contributed by atoms with E-state index in [0.717, 1.165) is 12.2 Å². The number of nitrogens with zero attached hydrogens (tertiary/aromatic N) is 2. The van der Waals surface area contributed by atoms with Gasteiger partial charge in [0, 0.05) is 32.3 Å². The van der Waals surface area contributed by atoms with Crippen molar-refractivity contribution in [2.45, 2.75) is 39.7 Å². The summed E-state index contributed by atoms with van der Waals surface area (Å²) in [6.07, 6.45) is 3.60. The van der Waals surface area contributed by atoms with Gasteiger partial charge in [0.1, 0.15) is 17.1 Å². The van der Waals surface area contributed by atoms with Gasteiger partial charge in [0.25, 0.3) is 0 Å². The molecule has 1 aliphatic rings. The number of hydrogen-bond donors (Lipinski definition) is 0. The van der Waals surface area contributed by atoms with Crippen molar-refractivity contribution in [1.82, 2.24) is 9.80 Å². The van der Waals surface area contributed by atoms with E-state index in [1.165, 1.54) is 6.08 Å². The second kappa shape index (κ2) is 7.55. The second-order valence-electron chi connectivity index (χ2n) is 6.93. The van der Waals surface area contributed by atoms with Gasteiger partial charge < -0.3 is 19.0 Å². The third-order valence-corrected chi connectivity index (χ3v) is 3.61. The van der Waals surface area contributed by atoms with Crippen molar-refractivity contribution < 1.29 is 18.7 Å². The molecular weight excluding hydrogens is 308 g/mol. The van der Waals surface area contributed by atoms with Crippen molar-refractivity contribution in [1.29, 1.82) is 0 Å². The maximum Gasteiger partial charge on any atom is 0.410 e. The summed E-state index contributed by atoms with van der Waals surface area (Å²) in [5, 5.41) is 0. The molecule has 0 bridgehead atoms. The van der Waals surface area contributed by atoms with Crippen LogP contribution in [0.15, 0.2) is 22.6 Å². The highest BCUT2D eigenvalue weighted by atomic mass is 16.6. The zero-order valence-corrected chi connectivity index (χ0v) is 14.9. The van der Waals surface area contributed by atoms with Gasteiger partial charge in [-0.15, -0.1) is 0 Å². The van der Waals surface area contributed by atoms with Crippen molar-refractivity contribution >= 4 is 18.1 Å². The first-order valence-corrected chi connectivity index (χ1v) is 8.26. The van der Waals surface area contributed by atoms with Crippen LogP contribution < -0.4 is 0 Å². The van der Waals surface area contributed by atoms with Crippen LogP contribution in [-0.2, 0) is 9.53 Å². The molecule has 1 saturated heterocycles. The van der Waals surface area contributed by atoms with E-state index in [1.54, 1.807) is 15.9 Å². The first kappa shape index (κ1) is 18.1. The Kier molecular flexibility index (Phi) is 5.70. The smallest absolute Gasteiger partial charge is 0.410 e. The Hall–Kier alpha value is -2.24. The molecule has 2 amide bonds. The Labute approximate surface area is 143 Å². The molecule has 0 spiro atoms. The number of hydrogen-bond acceptors (Lipinski definition) is 4. The molecule has 0 aromatic carbocycles. The van der Waals surface area contributed by atoms with E-state index in [9.17, 15) is 9.59 Å². The summed E-state index contributed by atoms with van der Waals surface area (Å²) >= 11 is 0. The van der Waals surface area contributed by atoms with Crippen molar-refractivity contribution in [2.75, 3.05) is 26.2 Å². The Bertz CT molecular complexity index is 613. The van der Waals surface area contributed by atoms with Crippen LogP contribution in [0.4, 0.5) is 4.79 Å². The van der Waals surface area contributed by atoms with Crippen LogP contribution in [0.3, 0.4) is 0 Å². The van der Waals surface area contributed by atoms with Crippen LogP contribution in [0.1, 0.15) is 38.7 Å². The standard InChI is InChI=1S/C18H26N2O4/c1-14-6-7-15(23-14)8-9-16(21)19-10-5-11-20(13-12-19)17(22)24-18(2,3)4/h6-9H,5,10-13H2,1-4H3/b9-8+. The lowest BCUT2D eigenvalue weighted by molar-refractivity contribution is -0.125. The van der Waals surface area contributed by atoms with Gasteiger partial charge in [0.2, 0.25) is 5.91 Å². The minimum absolute atomic E-state index is 0.0740.